The normalized spacial score (nSPS) is 19.3. The summed E-state index contributed by atoms with van der Waals surface area (Å²) in [5.41, 5.74) is 1.04. The minimum atomic E-state index is -1.17. The van der Waals surface area contributed by atoms with Gasteiger partial charge in [0, 0.05) is 22.8 Å². The van der Waals surface area contributed by atoms with E-state index in [-0.39, 0.29) is 16.5 Å². The topological polar surface area (TPSA) is 67.2 Å². The third-order valence-corrected chi connectivity index (χ3v) is 7.35. The number of aromatic nitrogens is 2. The highest BCUT2D eigenvalue weighted by atomic mass is 35.5. The summed E-state index contributed by atoms with van der Waals surface area (Å²) in [6.45, 7) is 5.65. The number of aliphatic hydroxyl groups is 1. The lowest BCUT2D eigenvalue weighted by atomic mass is 9.85. The van der Waals surface area contributed by atoms with Crippen LogP contribution < -0.4 is 5.32 Å². The number of benzene rings is 2. The maximum atomic E-state index is 13.0. The van der Waals surface area contributed by atoms with Crippen molar-refractivity contribution in [3.63, 3.8) is 0 Å². The zero-order chi connectivity index (χ0) is 23.0. The molecule has 5 nitrogen and oxygen atoms in total. The second-order valence-electron chi connectivity index (χ2n) is 9.26. The number of hydrogen-bond donors (Lipinski definition) is 2. The first-order valence-corrected chi connectivity index (χ1v) is 11.9. The van der Waals surface area contributed by atoms with Gasteiger partial charge in [0.05, 0.1) is 32.8 Å². The third-order valence-electron chi connectivity index (χ3n) is 6.53. The molecule has 1 aliphatic rings. The molecule has 0 aliphatic heterocycles. The molecule has 1 fully saturated rings. The van der Waals surface area contributed by atoms with Crippen LogP contribution in [0.25, 0.3) is 10.9 Å². The van der Waals surface area contributed by atoms with Gasteiger partial charge in [-0.2, -0.15) is 5.10 Å². The van der Waals surface area contributed by atoms with Gasteiger partial charge in [-0.15, -0.1) is 0 Å². The molecule has 1 amide bonds. The van der Waals surface area contributed by atoms with Crippen LogP contribution in [0.5, 0.6) is 0 Å². The summed E-state index contributed by atoms with van der Waals surface area (Å²) < 4.78 is 2.06. The summed E-state index contributed by atoms with van der Waals surface area (Å²) in [4.78, 5) is 13.0. The zero-order valence-corrected chi connectivity index (χ0v) is 20.2. The molecule has 0 spiro atoms. The van der Waals surface area contributed by atoms with Crippen LogP contribution >= 0.6 is 23.2 Å². The number of halogens is 2. The highest BCUT2D eigenvalue weighted by Gasteiger charge is 2.26. The van der Waals surface area contributed by atoms with Gasteiger partial charge in [-0.05, 0) is 69.7 Å². The van der Waals surface area contributed by atoms with Crippen LogP contribution in [-0.4, -0.2) is 20.8 Å². The van der Waals surface area contributed by atoms with Crippen molar-refractivity contribution in [3.8, 4) is 0 Å². The Labute approximate surface area is 198 Å². The summed E-state index contributed by atoms with van der Waals surface area (Å²) >= 11 is 12.3. The molecule has 1 aromatic heterocycles. The third kappa shape index (κ3) is 4.66. The highest BCUT2D eigenvalue weighted by Crippen LogP contribution is 2.36. The molecule has 2 aromatic carbocycles. The van der Waals surface area contributed by atoms with Crippen molar-refractivity contribution in [2.75, 3.05) is 5.32 Å². The molecule has 7 heteroatoms. The number of hydrogen-bond acceptors (Lipinski definition) is 3. The van der Waals surface area contributed by atoms with Crippen molar-refractivity contribution in [1.82, 2.24) is 9.78 Å². The molecule has 1 aliphatic carbocycles. The fourth-order valence-corrected chi connectivity index (χ4v) is 4.96. The highest BCUT2D eigenvalue weighted by molar-refractivity contribution is 6.44. The van der Waals surface area contributed by atoms with E-state index in [0.717, 1.165) is 29.7 Å². The SMILES string of the molecule is CCC1CCC(n2cc3cc(NC(=O)c4cccc(Cl)c4Cl)c(C(C)(C)O)cc3n2)CC1. The van der Waals surface area contributed by atoms with E-state index < -0.39 is 5.60 Å². The first-order chi connectivity index (χ1) is 15.2. The number of anilines is 1. The fourth-order valence-electron chi connectivity index (χ4n) is 4.57. The molecule has 32 heavy (non-hydrogen) atoms. The van der Waals surface area contributed by atoms with Crippen LogP contribution in [0.3, 0.4) is 0 Å². The molecule has 170 valence electrons. The lowest BCUT2D eigenvalue weighted by Gasteiger charge is -2.27. The van der Waals surface area contributed by atoms with Crippen LogP contribution in [0.15, 0.2) is 36.5 Å². The first-order valence-electron chi connectivity index (χ1n) is 11.2. The van der Waals surface area contributed by atoms with Gasteiger partial charge < -0.3 is 10.4 Å². The predicted molar refractivity (Wildman–Crippen MR) is 131 cm³/mol. The minimum absolute atomic E-state index is 0.202. The van der Waals surface area contributed by atoms with Crippen LogP contribution in [0.2, 0.25) is 10.0 Å². The van der Waals surface area contributed by atoms with Gasteiger partial charge in [-0.25, -0.2) is 0 Å². The van der Waals surface area contributed by atoms with Crippen molar-refractivity contribution in [1.29, 1.82) is 0 Å². The lowest BCUT2D eigenvalue weighted by molar-refractivity contribution is 0.0794. The number of amides is 1. The number of rotatable bonds is 5. The van der Waals surface area contributed by atoms with E-state index in [1.54, 1.807) is 32.0 Å². The average Bonchev–Trinajstić information content (AvgIpc) is 3.17. The molecular weight excluding hydrogens is 445 g/mol. The Balaban J connectivity index is 1.68. The quantitative estimate of drug-likeness (QED) is 0.420. The number of carbonyl (C=O) groups excluding carboxylic acids is 1. The van der Waals surface area contributed by atoms with E-state index in [1.807, 2.05) is 18.3 Å². The van der Waals surface area contributed by atoms with Gasteiger partial charge in [-0.3, -0.25) is 9.48 Å². The number of nitrogens with one attached hydrogen (secondary N) is 1. The fraction of sp³-hybridized carbons (Fsp3) is 0.440. The summed E-state index contributed by atoms with van der Waals surface area (Å²) in [5, 5.41) is 20.0. The van der Waals surface area contributed by atoms with E-state index in [9.17, 15) is 9.90 Å². The predicted octanol–water partition coefficient (Wildman–Crippen LogP) is 6.96. The standard InChI is InChI=1S/C25H29Cl2N3O2/c1-4-15-8-10-17(11-9-15)30-14-16-12-22(19(25(2,3)32)13-21(16)29-30)28-24(31)18-6-5-7-20(26)23(18)27/h5-7,12-15,17,32H,4,8-11H2,1-3H3,(H,28,31). The van der Waals surface area contributed by atoms with Crippen LogP contribution in [0.1, 0.15) is 74.8 Å². The molecule has 3 aromatic rings. The van der Waals surface area contributed by atoms with E-state index in [0.29, 0.717) is 22.3 Å². The van der Waals surface area contributed by atoms with Crippen LogP contribution in [0.4, 0.5) is 5.69 Å². The Morgan fingerprint density at radius 2 is 1.94 bits per heavy atom. The Hall–Kier alpha value is -2.08. The molecular formula is C25H29Cl2N3O2. The zero-order valence-electron chi connectivity index (χ0n) is 18.7. The van der Waals surface area contributed by atoms with Gasteiger partial charge in [0.25, 0.3) is 5.91 Å². The molecule has 0 atom stereocenters. The largest absolute Gasteiger partial charge is 0.386 e. The van der Waals surface area contributed by atoms with Gasteiger partial charge in [0.1, 0.15) is 0 Å². The van der Waals surface area contributed by atoms with Crippen LogP contribution in [-0.2, 0) is 5.60 Å². The maximum absolute atomic E-state index is 13.0. The van der Waals surface area contributed by atoms with E-state index in [1.165, 1.54) is 19.3 Å². The second kappa shape index (κ2) is 9.05. The van der Waals surface area contributed by atoms with Crippen molar-refractivity contribution in [2.45, 2.75) is 64.5 Å². The smallest absolute Gasteiger partial charge is 0.257 e. The molecule has 0 saturated heterocycles. The molecule has 1 heterocycles. The Morgan fingerprint density at radius 1 is 1.22 bits per heavy atom. The van der Waals surface area contributed by atoms with Crippen LogP contribution in [0, 0.1) is 5.92 Å². The lowest BCUT2D eigenvalue weighted by Crippen LogP contribution is -2.21. The molecule has 0 radical (unpaired) electrons. The molecule has 4 rings (SSSR count). The number of fused-ring (bicyclic) bond motifs is 1. The molecule has 2 N–H and O–H groups in total. The Kier molecular flexibility index (Phi) is 6.53. The number of carbonyl (C=O) groups is 1. The van der Waals surface area contributed by atoms with Crippen molar-refractivity contribution < 1.29 is 9.90 Å². The van der Waals surface area contributed by atoms with Gasteiger partial charge in [-0.1, -0.05) is 42.6 Å². The maximum Gasteiger partial charge on any atom is 0.257 e. The van der Waals surface area contributed by atoms with Gasteiger partial charge in [0.2, 0.25) is 0 Å². The van der Waals surface area contributed by atoms with Crippen molar-refractivity contribution >= 4 is 45.7 Å². The van der Waals surface area contributed by atoms with E-state index in [2.05, 4.69) is 16.9 Å². The summed E-state index contributed by atoms with van der Waals surface area (Å²) in [6.07, 6.45) is 8.00. The summed E-state index contributed by atoms with van der Waals surface area (Å²) in [5.74, 6) is 0.436. The van der Waals surface area contributed by atoms with Crippen molar-refractivity contribution in [3.05, 3.63) is 57.7 Å². The first kappa shape index (κ1) is 23.1. The minimum Gasteiger partial charge on any atom is -0.386 e. The Morgan fingerprint density at radius 3 is 2.59 bits per heavy atom. The van der Waals surface area contributed by atoms with Gasteiger partial charge in [0.15, 0.2) is 0 Å². The molecule has 0 unspecified atom stereocenters. The van der Waals surface area contributed by atoms with E-state index >= 15 is 0 Å². The second-order valence-corrected chi connectivity index (χ2v) is 10.0. The molecule has 1 saturated carbocycles. The van der Waals surface area contributed by atoms with E-state index in [4.69, 9.17) is 28.3 Å². The Bertz CT molecular complexity index is 1140. The summed E-state index contributed by atoms with van der Waals surface area (Å²) in [7, 11) is 0. The monoisotopic (exact) mass is 473 g/mol. The van der Waals surface area contributed by atoms with Crippen molar-refractivity contribution in [2.24, 2.45) is 5.92 Å². The molecule has 0 bridgehead atoms. The average molecular weight is 474 g/mol. The number of nitrogens with zero attached hydrogens (tertiary/aromatic N) is 2. The van der Waals surface area contributed by atoms with Gasteiger partial charge >= 0.3 is 0 Å². The summed E-state index contributed by atoms with van der Waals surface area (Å²) in [6, 6.07) is 9.06.